The molecular formula is C22H28N2O6S. The maximum Gasteiger partial charge on any atom is 0.250 e. The minimum atomic E-state index is -3.66. The van der Waals surface area contributed by atoms with E-state index in [0.29, 0.717) is 31.2 Å². The first kappa shape index (κ1) is 23.2. The molecule has 168 valence electrons. The molecule has 31 heavy (non-hydrogen) atoms. The van der Waals surface area contributed by atoms with E-state index in [-0.39, 0.29) is 23.8 Å². The number of hydrogen-bond donors (Lipinski definition) is 1. The topological polar surface area (TPSA) is 94.2 Å². The van der Waals surface area contributed by atoms with Crippen LogP contribution in [0.1, 0.15) is 19.3 Å². The number of anilines is 1. The molecule has 0 atom stereocenters. The third-order valence-electron chi connectivity index (χ3n) is 4.81. The van der Waals surface area contributed by atoms with Gasteiger partial charge in [-0.15, -0.1) is 0 Å². The molecule has 1 saturated heterocycles. The maximum absolute atomic E-state index is 13.1. The summed E-state index contributed by atoms with van der Waals surface area (Å²) in [6.45, 7) is 1.47. The van der Waals surface area contributed by atoms with Gasteiger partial charge < -0.3 is 19.5 Å². The fourth-order valence-electron chi connectivity index (χ4n) is 3.22. The van der Waals surface area contributed by atoms with Crippen molar-refractivity contribution in [3.05, 3.63) is 48.5 Å². The van der Waals surface area contributed by atoms with Gasteiger partial charge in [0.1, 0.15) is 12.4 Å². The van der Waals surface area contributed by atoms with E-state index in [1.807, 2.05) is 18.2 Å². The van der Waals surface area contributed by atoms with Crippen LogP contribution < -0.4 is 10.1 Å². The zero-order valence-corrected chi connectivity index (χ0v) is 18.4. The van der Waals surface area contributed by atoms with Gasteiger partial charge in [-0.2, -0.15) is 4.31 Å². The summed E-state index contributed by atoms with van der Waals surface area (Å²) in [5.41, 5.74) is 0.266. The zero-order chi connectivity index (χ0) is 22.1. The van der Waals surface area contributed by atoms with Gasteiger partial charge in [0.2, 0.25) is 15.9 Å². The monoisotopic (exact) mass is 448 g/mol. The average molecular weight is 449 g/mol. The Kier molecular flexibility index (Phi) is 8.42. The lowest BCUT2D eigenvalue weighted by Gasteiger charge is -2.26. The Bertz CT molecular complexity index is 959. The second kappa shape index (κ2) is 11.2. The van der Waals surface area contributed by atoms with Crippen molar-refractivity contribution >= 4 is 21.6 Å². The summed E-state index contributed by atoms with van der Waals surface area (Å²) in [6, 6.07) is 13.6. The van der Waals surface area contributed by atoms with Gasteiger partial charge in [0.15, 0.2) is 5.75 Å². The largest absolute Gasteiger partial charge is 0.455 e. The van der Waals surface area contributed by atoms with Gasteiger partial charge in [0.05, 0.1) is 23.8 Å². The van der Waals surface area contributed by atoms with Gasteiger partial charge in [0.25, 0.3) is 0 Å². The molecule has 3 rings (SSSR count). The molecule has 1 heterocycles. The Morgan fingerprint density at radius 2 is 1.77 bits per heavy atom. The second-order valence-corrected chi connectivity index (χ2v) is 9.07. The summed E-state index contributed by atoms with van der Waals surface area (Å²) in [4.78, 5) is 12.5. The van der Waals surface area contributed by atoms with Crippen LogP contribution in [-0.2, 0) is 24.3 Å². The lowest BCUT2D eigenvalue weighted by atomic mass is 10.2. The molecule has 2 aromatic rings. The second-order valence-electron chi connectivity index (χ2n) is 7.13. The molecule has 0 spiro atoms. The fraction of sp³-hybridized carbons (Fsp3) is 0.409. The lowest BCUT2D eigenvalue weighted by Crippen LogP contribution is -2.35. The number of amides is 1. The molecule has 1 N–H and O–H groups in total. The summed E-state index contributed by atoms with van der Waals surface area (Å²) in [6.07, 6.45) is 2.72. The Balaban J connectivity index is 1.83. The number of piperidine rings is 1. The number of benzene rings is 2. The molecular weight excluding hydrogens is 420 g/mol. The minimum Gasteiger partial charge on any atom is -0.455 e. The van der Waals surface area contributed by atoms with Gasteiger partial charge >= 0.3 is 0 Å². The highest BCUT2D eigenvalue weighted by atomic mass is 32.2. The zero-order valence-electron chi connectivity index (χ0n) is 17.6. The van der Waals surface area contributed by atoms with Crippen molar-refractivity contribution in [3.63, 3.8) is 0 Å². The van der Waals surface area contributed by atoms with E-state index in [1.54, 1.807) is 25.3 Å². The van der Waals surface area contributed by atoms with Crippen molar-refractivity contribution < 1.29 is 27.4 Å². The van der Waals surface area contributed by atoms with Crippen LogP contribution in [0.3, 0.4) is 0 Å². The van der Waals surface area contributed by atoms with E-state index < -0.39 is 15.9 Å². The molecule has 0 radical (unpaired) electrons. The lowest BCUT2D eigenvalue weighted by molar-refractivity contribution is -0.121. The summed E-state index contributed by atoms with van der Waals surface area (Å²) < 4.78 is 43.7. The number of ether oxygens (including phenoxy) is 3. The minimum absolute atomic E-state index is 0.116. The SMILES string of the molecule is COCCOCC(=O)Nc1cc(S(=O)(=O)N2CCCCC2)ccc1Oc1ccccc1. The number of para-hydroxylation sites is 1. The molecule has 0 bridgehead atoms. The van der Waals surface area contributed by atoms with Crippen molar-refractivity contribution in [2.75, 3.05) is 45.3 Å². The molecule has 1 aliphatic rings. The Labute approximate surface area is 183 Å². The first-order valence-electron chi connectivity index (χ1n) is 10.2. The van der Waals surface area contributed by atoms with E-state index >= 15 is 0 Å². The molecule has 9 heteroatoms. The van der Waals surface area contributed by atoms with Crippen LogP contribution in [0.2, 0.25) is 0 Å². The highest BCUT2D eigenvalue weighted by Gasteiger charge is 2.27. The fourth-order valence-corrected chi connectivity index (χ4v) is 4.76. The van der Waals surface area contributed by atoms with Gasteiger partial charge in [0, 0.05) is 20.2 Å². The molecule has 0 saturated carbocycles. The summed E-state index contributed by atoms with van der Waals surface area (Å²) in [5, 5.41) is 2.71. The van der Waals surface area contributed by atoms with Crippen molar-refractivity contribution in [1.29, 1.82) is 0 Å². The molecule has 1 fully saturated rings. The standard InChI is InChI=1S/C22H28N2O6S/c1-28-14-15-29-17-22(25)23-20-16-19(31(26,27)24-12-6-3-7-13-24)10-11-21(20)30-18-8-4-2-5-9-18/h2,4-5,8-11,16H,3,6-7,12-15,17H2,1H3,(H,23,25). The average Bonchev–Trinajstić information content (AvgIpc) is 2.79. The third kappa shape index (κ3) is 6.51. The molecule has 2 aromatic carbocycles. The van der Waals surface area contributed by atoms with Crippen LogP contribution in [0.15, 0.2) is 53.4 Å². The number of carbonyl (C=O) groups excluding carboxylic acids is 1. The number of hydrogen-bond acceptors (Lipinski definition) is 6. The van der Waals surface area contributed by atoms with E-state index in [0.717, 1.165) is 19.3 Å². The van der Waals surface area contributed by atoms with Crippen molar-refractivity contribution in [2.45, 2.75) is 24.2 Å². The highest BCUT2D eigenvalue weighted by Crippen LogP contribution is 2.33. The molecule has 0 aliphatic carbocycles. The Hall–Kier alpha value is -2.46. The van der Waals surface area contributed by atoms with Crippen LogP contribution in [0.25, 0.3) is 0 Å². The predicted octanol–water partition coefficient (Wildman–Crippen LogP) is 3.26. The van der Waals surface area contributed by atoms with Gasteiger partial charge in [-0.25, -0.2) is 8.42 Å². The van der Waals surface area contributed by atoms with E-state index in [4.69, 9.17) is 14.2 Å². The molecule has 8 nitrogen and oxygen atoms in total. The summed E-state index contributed by atoms with van der Waals surface area (Å²) in [5.74, 6) is 0.497. The summed E-state index contributed by atoms with van der Waals surface area (Å²) >= 11 is 0. The number of nitrogens with zero attached hydrogens (tertiary/aromatic N) is 1. The molecule has 0 unspecified atom stereocenters. The highest BCUT2D eigenvalue weighted by molar-refractivity contribution is 7.89. The van der Waals surface area contributed by atoms with Gasteiger partial charge in [-0.3, -0.25) is 4.79 Å². The number of nitrogens with one attached hydrogen (secondary N) is 1. The summed E-state index contributed by atoms with van der Waals surface area (Å²) in [7, 11) is -2.11. The van der Waals surface area contributed by atoms with Crippen LogP contribution >= 0.6 is 0 Å². The van der Waals surface area contributed by atoms with Crippen LogP contribution in [0, 0.1) is 0 Å². The van der Waals surface area contributed by atoms with Crippen LogP contribution in [0.4, 0.5) is 5.69 Å². The first-order chi connectivity index (χ1) is 15.0. The maximum atomic E-state index is 13.1. The number of rotatable bonds is 10. The smallest absolute Gasteiger partial charge is 0.250 e. The molecule has 0 aromatic heterocycles. The van der Waals surface area contributed by atoms with Crippen molar-refractivity contribution in [1.82, 2.24) is 4.31 Å². The quantitative estimate of drug-likeness (QED) is 0.561. The molecule has 1 amide bonds. The Morgan fingerprint density at radius 1 is 1.03 bits per heavy atom. The predicted molar refractivity (Wildman–Crippen MR) is 117 cm³/mol. The first-order valence-corrected chi connectivity index (χ1v) is 11.7. The molecule has 1 aliphatic heterocycles. The van der Waals surface area contributed by atoms with E-state index in [1.165, 1.54) is 16.4 Å². The van der Waals surface area contributed by atoms with Crippen LogP contribution in [0.5, 0.6) is 11.5 Å². The van der Waals surface area contributed by atoms with Crippen molar-refractivity contribution in [2.24, 2.45) is 0 Å². The van der Waals surface area contributed by atoms with E-state index in [9.17, 15) is 13.2 Å². The third-order valence-corrected chi connectivity index (χ3v) is 6.71. The normalized spacial score (nSPS) is 14.9. The van der Waals surface area contributed by atoms with E-state index in [2.05, 4.69) is 5.32 Å². The van der Waals surface area contributed by atoms with Gasteiger partial charge in [-0.05, 0) is 43.2 Å². The Morgan fingerprint density at radius 3 is 2.48 bits per heavy atom. The van der Waals surface area contributed by atoms with Crippen LogP contribution in [-0.4, -0.2) is 58.7 Å². The number of methoxy groups -OCH3 is 1. The number of carbonyl (C=O) groups is 1. The van der Waals surface area contributed by atoms with Gasteiger partial charge in [-0.1, -0.05) is 24.6 Å². The van der Waals surface area contributed by atoms with Crippen molar-refractivity contribution in [3.8, 4) is 11.5 Å². The number of sulfonamides is 1.